The number of carbonyl (C=O) groups is 1. The molecule has 10 heteroatoms. The highest BCUT2D eigenvalue weighted by Crippen LogP contribution is 2.36. The molecule has 1 fully saturated rings. The number of hydrogen-bond acceptors (Lipinski definition) is 5. The number of pyridine rings is 1. The van der Waals surface area contributed by atoms with Crippen molar-refractivity contribution in [3.05, 3.63) is 46.2 Å². The number of alkyl halides is 2. The van der Waals surface area contributed by atoms with Crippen LogP contribution in [-0.2, 0) is 0 Å². The second-order valence-electron chi connectivity index (χ2n) is 6.30. The molecule has 1 aromatic carbocycles. The minimum Gasteiger partial charge on any atom is -0.489 e. The molecule has 1 heterocycles. The molecule has 3 rings (SSSR count). The third kappa shape index (κ3) is 5.25. The van der Waals surface area contributed by atoms with Crippen molar-refractivity contribution in [3.8, 4) is 17.6 Å². The number of nitrogens with zero attached hydrogens (tertiary/aromatic N) is 3. The van der Waals surface area contributed by atoms with Gasteiger partial charge in [-0.3, -0.25) is 14.7 Å². The summed E-state index contributed by atoms with van der Waals surface area (Å²) in [5.74, 6) is -0.407. The van der Waals surface area contributed by atoms with Crippen molar-refractivity contribution in [1.29, 1.82) is 5.26 Å². The van der Waals surface area contributed by atoms with Gasteiger partial charge in [0, 0.05) is 18.0 Å². The summed E-state index contributed by atoms with van der Waals surface area (Å²) in [6.07, 6.45) is 4.59. The maximum absolute atomic E-state index is 13.1. The first kappa shape index (κ1) is 21.1. The van der Waals surface area contributed by atoms with Crippen molar-refractivity contribution in [3.63, 3.8) is 0 Å². The molecular formula is C19H15Cl2F2N3O3. The lowest BCUT2D eigenvalue weighted by Gasteiger charge is -2.22. The highest BCUT2D eigenvalue weighted by molar-refractivity contribution is 6.40. The van der Waals surface area contributed by atoms with Gasteiger partial charge >= 0.3 is 6.61 Å². The zero-order chi connectivity index (χ0) is 21.0. The average molecular weight is 442 g/mol. The standard InChI is InChI=1S/C19H15Cl2F2N3O3/c20-13-8-25-9-14(21)17(13)26(6-5-24)18(27)12-3-4-15(29-19(22)23)16(7-12)28-10-11-1-2-11/h3-4,7-9,11,19H,1-2,6,10H2. The van der Waals surface area contributed by atoms with E-state index in [4.69, 9.17) is 33.2 Å². The van der Waals surface area contributed by atoms with Gasteiger partial charge in [-0.25, -0.2) is 0 Å². The Labute approximate surface area is 175 Å². The van der Waals surface area contributed by atoms with Crippen LogP contribution in [-0.4, -0.2) is 30.7 Å². The van der Waals surface area contributed by atoms with Crippen LogP contribution in [0.25, 0.3) is 0 Å². The molecule has 0 spiro atoms. The zero-order valence-corrected chi connectivity index (χ0v) is 16.5. The van der Waals surface area contributed by atoms with Gasteiger partial charge in [0.2, 0.25) is 0 Å². The molecule has 152 valence electrons. The minimum absolute atomic E-state index is 0.0203. The number of halogens is 4. The molecule has 0 bridgehead atoms. The van der Waals surface area contributed by atoms with Gasteiger partial charge in [-0.1, -0.05) is 23.2 Å². The van der Waals surface area contributed by atoms with Crippen molar-refractivity contribution >= 4 is 34.8 Å². The average Bonchev–Trinajstić information content (AvgIpc) is 3.50. The van der Waals surface area contributed by atoms with Crippen molar-refractivity contribution in [2.24, 2.45) is 5.92 Å². The lowest BCUT2D eigenvalue weighted by molar-refractivity contribution is -0.0515. The number of amides is 1. The van der Waals surface area contributed by atoms with Gasteiger partial charge in [0.25, 0.3) is 5.91 Å². The largest absolute Gasteiger partial charge is 0.489 e. The van der Waals surface area contributed by atoms with Crippen LogP contribution in [0.15, 0.2) is 30.6 Å². The number of rotatable bonds is 8. The van der Waals surface area contributed by atoms with E-state index < -0.39 is 12.5 Å². The summed E-state index contributed by atoms with van der Waals surface area (Å²) < 4.78 is 35.4. The number of aromatic nitrogens is 1. The number of ether oxygens (including phenoxy) is 2. The van der Waals surface area contributed by atoms with Crippen molar-refractivity contribution in [2.75, 3.05) is 18.1 Å². The smallest absolute Gasteiger partial charge is 0.387 e. The summed E-state index contributed by atoms with van der Waals surface area (Å²) in [4.78, 5) is 18.0. The number of nitriles is 1. The molecule has 0 N–H and O–H groups in total. The molecule has 2 aromatic rings. The highest BCUT2D eigenvalue weighted by Gasteiger charge is 2.26. The van der Waals surface area contributed by atoms with Crippen LogP contribution in [0.3, 0.4) is 0 Å². The Bertz CT molecular complexity index is 929. The fourth-order valence-electron chi connectivity index (χ4n) is 2.58. The highest BCUT2D eigenvalue weighted by atomic mass is 35.5. The Morgan fingerprint density at radius 1 is 1.28 bits per heavy atom. The van der Waals surface area contributed by atoms with Gasteiger partial charge in [-0.05, 0) is 37.0 Å². The summed E-state index contributed by atoms with van der Waals surface area (Å²) in [7, 11) is 0. The molecule has 29 heavy (non-hydrogen) atoms. The Kier molecular flexibility index (Phi) is 6.72. The number of benzene rings is 1. The van der Waals surface area contributed by atoms with Gasteiger partial charge in [-0.15, -0.1) is 0 Å². The van der Waals surface area contributed by atoms with Crippen LogP contribution >= 0.6 is 23.2 Å². The van der Waals surface area contributed by atoms with Gasteiger partial charge in [0.1, 0.15) is 6.54 Å². The molecule has 1 amide bonds. The molecule has 1 aliphatic rings. The summed E-state index contributed by atoms with van der Waals surface area (Å²) in [5, 5.41) is 9.33. The van der Waals surface area contributed by atoms with E-state index in [-0.39, 0.29) is 39.3 Å². The fraction of sp³-hybridized carbons (Fsp3) is 0.316. The van der Waals surface area contributed by atoms with E-state index in [0.717, 1.165) is 17.7 Å². The van der Waals surface area contributed by atoms with E-state index in [1.54, 1.807) is 0 Å². The fourth-order valence-corrected chi connectivity index (χ4v) is 3.15. The molecular weight excluding hydrogens is 427 g/mol. The molecule has 1 saturated carbocycles. The van der Waals surface area contributed by atoms with E-state index in [0.29, 0.717) is 12.5 Å². The molecule has 0 aliphatic heterocycles. The molecule has 0 unspecified atom stereocenters. The van der Waals surface area contributed by atoms with E-state index in [9.17, 15) is 13.6 Å². The normalized spacial score (nSPS) is 13.1. The molecule has 1 aliphatic carbocycles. The van der Waals surface area contributed by atoms with Gasteiger partial charge in [-0.2, -0.15) is 14.0 Å². The zero-order valence-electron chi connectivity index (χ0n) is 14.9. The Hall–Kier alpha value is -2.63. The van der Waals surface area contributed by atoms with Crippen molar-refractivity contribution in [2.45, 2.75) is 19.5 Å². The van der Waals surface area contributed by atoms with Crippen LogP contribution in [0, 0.1) is 17.2 Å². The third-order valence-corrected chi connectivity index (χ3v) is 4.70. The Morgan fingerprint density at radius 3 is 2.55 bits per heavy atom. The molecule has 1 aromatic heterocycles. The van der Waals surface area contributed by atoms with Crippen LogP contribution in [0.5, 0.6) is 11.5 Å². The van der Waals surface area contributed by atoms with E-state index in [1.165, 1.54) is 30.6 Å². The van der Waals surface area contributed by atoms with E-state index >= 15 is 0 Å². The minimum atomic E-state index is -3.04. The summed E-state index contributed by atoms with van der Waals surface area (Å²) in [5.41, 5.74) is 0.222. The second-order valence-corrected chi connectivity index (χ2v) is 7.11. The van der Waals surface area contributed by atoms with Crippen LogP contribution in [0.1, 0.15) is 23.2 Å². The predicted molar refractivity (Wildman–Crippen MR) is 103 cm³/mol. The van der Waals surface area contributed by atoms with Crippen molar-refractivity contribution in [1.82, 2.24) is 4.98 Å². The molecule has 0 atom stereocenters. The monoisotopic (exact) mass is 441 g/mol. The summed E-state index contributed by atoms with van der Waals surface area (Å²) >= 11 is 12.2. The Morgan fingerprint density at radius 2 is 1.97 bits per heavy atom. The quantitative estimate of drug-likeness (QED) is 0.541. The van der Waals surface area contributed by atoms with E-state index in [1.807, 2.05) is 6.07 Å². The van der Waals surface area contributed by atoms with Gasteiger partial charge < -0.3 is 9.47 Å². The molecule has 6 nitrogen and oxygen atoms in total. The maximum Gasteiger partial charge on any atom is 0.387 e. The number of carbonyl (C=O) groups excluding carboxylic acids is 1. The van der Waals surface area contributed by atoms with Gasteiger partial charge in [0.15, 0.2) is 11.5 Å². The van der Waals surface area contributed by atoms with Gasteiger partial charge in [0.05, 0.1) is 28.4 Å². The molecule has 0 saturated heterocycles. The summed E-state index contributed by atoms with van der Waals surface area (Å²) in [6.45, 7) is -3.04. The first-order chi connectivity index (χ1) is 13.9. The predicted octanol–water partition coefficient (Wildman–Crippen LogP) is 4.95. The van der Waals surface area contributed by atoms with Crippen LogP contribution in [0.2, 0.25) is 10.0 Å². The first-order valence-corrected chi connectivity index (χ1v) is 9.35. The van der Waals surface area contributed by atoms with Crippen LogP contribution in [0.4, 0.5) is 14.5 Å². The van der Waals surface area contributed by atoms with Crippen molar-refractivity contribution < 1.29 is 23.0 Å². The SMILES string of the molecule is N#CCN(C(=O)c1ccc(OC(F)F)c(OCC2CC2)c1)c1c(Cl)cncc1Cl. The lowest BCUT2D eigenvalue weighted by Crippen LogP contribution is -2.32. The first-order valence-electron chi connectivity index (χ1n) is 8.60. The lowest BCUT2D eigenvalue weighted by atomic mass is 10.1. The second kappa shape index (κ2) is 9.25. The summed E-state index contributed by atoms with van der Waals surface area (Å²) in [6, 6.07) is 5.71. The maximum atomic E-state index is 13.1. The van der Waals surface area contributed by atoms with Crippen LogP contribution < -0.4 is 14.4 Å². The number of hydrogen-bond donors (Lipinski definition) is 0. The third-order valence-electron chi connectivity index (χ3n) is 4.15. The topological polar surface area (TPSA) is 75.5 Å². The Balaban J connectivity index is 1.94. The van der Waals surface area contributed by atoms with E-state index in [2.05, 4.69) is 9.72 Å². The number of anilines is 1. The molecule has 0 radical (unpaired) electrons.